The van der Waals surface area contributed by atoms with Gasteiger partial charge in [-0.15, -0.1) is 0 Å². The topological polar surface area (TPSA) is 58.9 Å². The van der Waals surface area contributed by atoms with E-state index in [1.807, 2.05) is 18.7 Å². The summed E-state index contributed by atoms with van der Waals surface area (Å²) >= 11 is 7.30. The van der Waals surface area contributed by atoms with Crippen LogP contribution in [-0.4, -0.2) is 34.2 Å². The zero-order chi connectivity index (χ0) is 17.2. The Kier molecular flexibility index (Phi) is 9.41. The average molecular weight is 360 g/mol. The van der Waals surface area contributed by atoms with E-state index in [0.29, 0.717) is 35.8 Å². The van der Waals surface area contributed by atoms with Gasteiger partial charge in [-0.05, 0) is 30.6 Å². The highest BCUT2D eigenvalue weighted by atomic mass is 35.5. The van der Waals surface area contributed by atoms with Crippen molar-refractivity contribution in [3.05, 3.63) is 22.9 Å². The van der Waals surface area contributed by atoms with Crippen molar-refractivity contribution in [3.8, 4) is 0 Å². The summed E-state index contributed by atoms with van der Waals surface area (Å²) in [6, 6.07) is 0. The minimum Gasteiger partial charge on any atom is -0.511 e. The molecule has 130 valence electrons. The number of Topliss-reactive ketones (excluding diaryl/α,β-unsaturated/α-hetero) is 1. The molecule has 2 atom stereocenters. The lowest BCUT2D eigenvalue weighted by Gasteiger charge is -2.25. The summed E-state index contributed by atoms with van der Waals surface area (Å²) in [7, 11) is 0. The molecule has 6 heteroatoms. The number of aliphatic hydroxyl groups is 1. The molecular formula is C17H26ClNO3S. The smallest absolute Gasteiger partial charge is 0.168 e. The molecule has 1 aliphatic carbocycles. The molecule has 0 saturated heterocycles. The van der Waals surface area contributed by atoms with Gasteiger partial charge in [0, 0.05) is 23.6 Å². The van der Waals surface area contributed by atoms with Crippen LogP contribution in [0.1, 0.15) is 46.5 Å². The van der Waals surface area contributed by atoms with Crippen molar-refractivity contribution in [3.63, 3.8) is 0 Å². The first-order chi connectivity index (χ1) is 11.0. The van der Waals surface area contributed by atoms with Crippen LogP contribution in [0, 0.1) is 5.92 Å². The SMILES string of the molecule is CCS[C@@H](C)C[C@@H]1CC(=O)C(/C(CC)=N\OC/C=C\Cl)=C(O)C1. The van der Waals surface area contributed by atoms with Gasteiger partial charge in [0.05, 0.1) is 11.3 Å². The van der Waals surface area contributed by atoms with E-state index in [2.05, 4.69) is 19.0 Å². The number of carbonyl (C=O) groups excluding carboxylic acids is 1. The molecule has 0 unspecified atom stereocenters. The zero-order valence-corrected chi connectivity index (χ0v) is 15.6. The molecule has 0 saturated carbocycles. The highest BCUT2D eigenvalue weighted by Crippen LogP contribution is 2.32. The Morgan fingerprint density at radius 1 is 1.52 bits per heavy atom. The van der Waals surface area contributed by atoms with Gasteiger partial charge in [-0.1, -0.05) is 37.5 Å². The summed E-state index contributed by atoms with van der Waals surface area (Å²) < 4.78 is 0. The number of halogens is 1. The van der Waals surface area contributed by atoms with E-state index in [0.717, 1.165) is 12.2 Å². The van der Waals surface area contributed by atoms with Crippen molar-refractivity contribution < 1.29 is 14.7 Å². The predicted molar refractivity (Wildman–Crippen MR) is 98.3 cm³/mol. The minimum absolute atomic E-state index is 0.0375. The Labute approximate surface area is 148 Å². The van der Waals surface area contributed by atoms with E-state index >= 15 is 0 Å². The molecular weight excluding hydrogens is 334 g/mol. The Hall–Kier alpha value is -0.940. The fraction of sp³-hybridized carbons (Fsp3) is 0.647. The number of nitrogens with zero attached hydrogens (tertiary/aromatic N) is 1. The van der Waals surface area contributed by atoms with Crippen molar-refractivity contribution in [2.75, 3.05) is 12.4 Å². The van der Waals surface area contributed by atoms with Gasteiger partial charge in [0.25, 0.3) is 0 Å². The second-order valence-electron chi connectivity index (χ2n) is 5.57. The van der Waals surface area contributed by atoms with Gasteiger partial charge in [-0.2, -0.15) is 11.8 Å². The first-order valence-corrected chi connectivity index (χ1v) is 9.53. The van der Waals surface area contributed by atoms with Crippen molar-refractivity contribution in [1.29, 1.82) is 0 Å². The molecule has 0 bridgehead atoms. The van der Waals surface area contributed by atoms with Gasteiger partial charge in [-0.3, -0.25) is 4.79 Å². The molecule has 0 aromatic rings. The van der Waals surface area contributed by atoms with Crippen LogP contribution in [0.5, 0.6) is 0 Å². The van der Waals surface area contributed by atoms with Gasteiger partial charge < -0.3 is 9.94 Å². The average Bonchev–Trinajstić information content (AvgIpc) is 2.49. The summed E-state index contributed by atoms with van der Waals surface area (Å²) in [5, 5.41) is 14.8. The third kappa shape index (κ3) is 6.60. The van der Waals surface area contributed by atoms with Crippen LogP contribution in [0.15, 0.2) is 28.1 Å². The summed E-state index contributed by atoms with van der Waals surface area (Å²) in [6.45, 7) is 6.43. The number of aliphatic hydroxyl groups excluding tert-OH is 1. The second-order valence-corrected chi connectivity index (χ2v) is 7.54. The van der Waals surface area contributed by atoms with Crippen molar-refractivity contribution in [2.45, 2.75) is 51.7 Å². The molecule has 4 nitrogen and oxygen atoms in total. The molecule has 0 heterocycles. The number of allylic oxidation sites excluding steroid dienone is 2. The maximum absolute atomic E-state index is 12.4. The molecule has 0 radical (unpaired) electrons. The lowest BCUT2D eigenvalue weighted by atomic mass is 9.82. The number of thioether (sulfide) groups is 1. The quantitative estimate of drug-likeness (QED) is 0.363. The van der Waals surface area contributed by atoms with Crippen LogP contribution in [0.3, 0.4) is 0 Å². The molecule has 0 aliphatic heterocycles. The number of hydrogen-bond donors (Lipinski definition) is 1. The van der Waals surface area contributed by atoms with Crippen LogP contribution >= 0.6 is 23.4 Å². The molecule has 1 N–H and O–H groups in total. The van der Waals surface area contributed by atoms with E-state index in [4.69, 9.17) is 16.4 Å². The van der Waals surface area contributed by atoms with Crippen molar-refractivity contribution >= 4 is 34.9 Å². The van der Waals surface area contributed by atoms with E-state index in [1.54, 1.807) is 6.08 Å². The first-order valence-electron chi connectivity index (χ1n) is 8.04. The molecule has 1 rings (SSSR count). The molecule has 0 aromatic carbocycles. The third-order valence-corrected chi connectivity index (χ3v) is 4.97. The summed E-state index contributed by atoms with van der Waals surface area (Å²) in [5.41, 5.74) is 2.20. The second kappa shape index (κ2) is 10.8. The summed E-state index contributed by atoms with van der Waals surface area (Å²) in [4.78, 5) is 17.6. The maximum Gasteiger partial charge on any atom is 0.168 e. The van der Waals surface area contributed by atoms with Crippen LogP contribution in [0.4, 0.5) is 0 Å². The monoisotopic (exact) mass is 359 g/mol. The molecule has 0 spiro atoms. The predicted octanol–water partition coefficient (Wildman–Crippen LogP) is 4.84. The third-order valence-electron chi connectivity index (χ3n) is 3.70. The van der Waals surface area contributed by atoms with Crippen LogP contribution in [0.25, 0.3) is 0 Å². The minimum atomic E-state index is -0.0375. The number of hydrogen-bond acceptors (Lipinski definition) is 5. The number of oxime groups is 1. The van der Waals surface area contributed by atoms with Crippen molar-refractivity contribution in [1.82, 2.24) is 0 Å². The lowest BCUT2D eigenvalue weighted by Crippen LogP contribution is -2.26. The van der Waals surface area contributed by atoms with Crippen LogP contribution in [-0.2, 0) is 9.63 Å². The van der Waals surface area contributed by atoms with Crippen LogP contribution < -0.4 is 0 Å². The van der Waals surface area contributed by atoms with E-state index in [-0.39, 0.29) is 24.1 Å². The van der Waals surface area contributed by atoms with Gasteiger partial charge in [0.2, 0.25) is 0 Å². The Morgan fingerprint density at radius 2 is 2.26 bits per heavy atom. The maximum atomic E-state index is 12.4. The Morgan fingerprint density at radius 3 is 2.83 bits per heavy atom. The highest BCUT2D eigenvalue weighted by molar-refractivity contribution is 7.99. The molecule has 0 amide bonds. The Balaban J connectivity index is 2.79. The fourth-order valence-corrected chi connectivity index (χ4v) is 3.82. The van der Waals surface area contributed by atoms with Gasteiger partial charge in [0.1, 0.15) is 12.4 Å². The number of rotatable bonds is 9. The molecule has 1 aliphatic rings. The molecule has 23 heavy (non-hydrogen) atoms. The Bertz CT molecular complexity index is 488. The zero-order valence-electron chi connectivity index (χ0n) is 14.0. The molecule has 0 fully saturated rings. The van der Waals surface area contributed by atoms with E-state index in [9.17, 15) is 9.90 Å². The fourth-order valence-electron chi connectivity index (χ4n) is 2.77. The largest absolute Gasteiger partial charge is 0.511 e. The normalized spacial score (nSPS) is 21.1. The first kappa shape index (κ1) is 20.1. The molecule has 0 aromatic heterocycles. The highest BCUT2D eigenvalue weighted by Gasteiger charge is 2.31. The lowest BCUT2D eigenvalue weighted by molar-refractivity contribution is -0.116. The standard InChI is InChI=1S/C17H26ClNO3S/c1-4-14(19-22-8-6-7-18)17-15(20)10-13(11-16(17)21)9-12(3)23-5-2/h6-7,12-13,20H,4-5,8-11H2,1-3H3/b7-6-,19-14-/t12-,13-/m0/s1. The van der Waals surface area contributed by atoms with E-state index in [1.165, 1.54) is 5.54 Å². The van der Waals surface area contributed by atoms with E-state index < -0.39 is 0 Å². The van der Waals surface area contributed by atoms with Gasteiger partial charge in [0.15, 0.2) is 5.78 Å². The van der Waals surface area contributed by atoms with Gasteiger partial charge in [-0.25, -0.2) is 0 Å². The van der Waals surface area contributed by atoms with Crippen molar-refractivity contribution in [2.24, 2.45) is 11.1 Å². The number of carbonyl (C=O) groups is 1. The summed E-state index contributed by atoms with van der Waals surface area (Å²) in [6.07, 6.45) is 4.09. The summed E-state index contributed by atoms with van der Waals surface area (Å²) in [5.74, 6) is 1.38. The number of ketones is 1. The van der Waals surface area contributed by atoms with Gasteiger partial charge >= 0.3 is 0 Å². The van der Waals surface area contributed by atoms with Crippen LogP contribution in [0.2, 0.25) is 0 Å².